The predicted molar refractivity (Wildman–Crippen MR) is 88.1 cm³/mol. The summed E-state index contributed by atoms with van der Waals surface area (Å²) in [4.78, 5) is 11.8. The summed E-state index contributed by atoms with van der Waals surface area (Å²) in [5.74, 6) is 1.24. The molecule has 1 atom stereocenters. The van der Waals surface area contributed by atoms with E-state index in [0.29, 0.717) is 22.8 Å². The Hall–Kier alpha value is -2.01. The molecule has 0 saturated heterocycles. The quantitative estimate of drug-likeness (QED) is 0.731. The van der Waals surface area contributed by atoms with Gasteiger partial charge in [0, 0.05) is 5.56 Å². The highest BCUT2D eigenvalue weighted by molar-refractivity contribution is 9.10. The molecular weight excluding hydrogens is 348 g/mol. The maximum absolute atomic E-state index is 11.8. The van der Waals surface area contributed by atoms with Gasteiger partial charge in [-0.1, -0.05) is 18.2 Å². The van der Waals surface area contributed by atoms with Crippen molar-refractivity contribution in [2.24, 2.45) is 0 Å². The smallest absolute Gasteiger partial charge is 0.141 e. The Morgan fingerprint density at radius 3 is 2.23 bits per heavy atom. The minimum Gasteiger partial charge on any atom is -0.496 e. The minimum atomic E-state index is -0.557. The summed E-state index contributed by atoms with van der Waals surface area (Å²) < 4.78 is 17.0. The van der Waals surface area contributed by atoms with Crippen LogP contribution in [0, 0.1) is 0 Å². The zero-order valence-corrected chi connectivity index (χ0v) is 14.2. The van der Waals surface area contributed by atoms with Gasteiger partial charge >= 0.3 is 0 Å². The number of ether oxygens (including phenoxy) is 3. The molecule has 116 valence electrons. The molecule has 0 heterocycles. The molecule has 0 amide bonds. The first-order valence-electron chi connectivity index (χ1n) is 6.66. The van der Waals surface area contributed by atoms with Crippen molar-refractivity contribution in [1.82, 2.24) is 0 Å². The average molecular weight is 365 g/mol. The lowest BCUT2D eigenvalue weighted by molar-refractivity contribution is -0.108. The minimum absolute atomic E-state index is 0.557. The third-order valence-corrected chi connectivity index (χ3v) is 4.08. The molecule has 0 bridgehead atoms. The summed E-state index contributed by atoms with van der Waals surface area (Å²) in [5, 5.41) is 0. The number of halogens is 1. The number of benzene rings is 2. The average Bonchev–Trinajstić information content (AvgIpc) is 2.56. The number of aldehydes is 1. The van der Waals surface area contributed by atoms with Gasteiger partial charge < -0.3 is 19.0 Å². The van der Waals surface area contributed by atoms with Crippen molar-refractivity contribution in [1.29, 1.82) is 0 Å². The number of hydrogen-bond donors (Lipinski definition) is 0. The first-order valence-corrected chi connectivity index (χ1v) is 7.45. The summed E-state index contributed by atoms with van der Waals surface area (Å²) >= 11 is 3.45. The fourth-order valence-corrected chi connectivity index (χ4v) is 2.96. The van der Waals surface area contributed by atoms with E-state index in [1.54, 1.807) is 27.4 Å². The zero-order valence-electron chi connectivity index (χ0n) is 12.6. The number of carbonyl (C=O) groups is 1. The van der Waals surface area contributed by atoms with Gasteiger partial charge in [-0.2, -0.15) is 0 Å². The molecule has 0 aliphatic carbocycles. The van der Waals surface area contributed by atoms with Crippen LogP contribution in [0.15, 0.2) is 40.9 Å². The van der Waals surface area contributed by atoms with Crippen LogP contribution in [0.25, 0.3) is 0 Å². The van der Waals surface area contributed by atoms with E-state index in [1.807, 2.05) is 30.3 Å². The molecule has 5 heteroatoms. The topological polar surface area (TPSA) is 44.8 Å². The zero-order chi connectivity index (χ0) is 16.1. The van der Waals surface area contributed by atoms with Crippen LogP contribution in [0.1, 0.15) is 17.0 Å². The number of rotatable bonds is 6. The van der Waals surface area contributed by atoms with Crippen molar-refractivity contribution in [3.05, 3.63) is 52.0 Å². The van der Waals surface area contributed by atoms with Crippen molar-refractivity contribution in [3.8, 4) is 17.2 Å². The van der Waals surface area contributed by atoms with Crippen LogP contribution in [-0.2, 0) is 4.79 Å². The fraction of sp³-hybridized carbons (Fsp3) is 0.235. The van der Waals surface area contributed by atoms with Crippen molar-refractivity contribution >= 4 is 22.2 Å². The lowest BCUT2D eigenvalue weighted by Gasteiger charge is -2.21. The molecule has 4 nitrogen and oxygen atoms in total. The van der Waals surface area contributed by atoms with E-state index >= 15 is 0 Å². The Labute approximate surface area is 138 Å². The predicted octanol–water partition coefficient (Wildman–Crippen LogP) is 3.81. The van der Waals surface area contributed by atoms with Gasteiger partial charge in [0.05, 0.1) is 37.3 Å². The molecule has 0 spiro atoms. The van der Waals surface area contributed by atoms with Gasteiger partial charge in [0.2, 0.25) is 0 Å². The van der Waals surface area contributed by atoms with Crippen LogP contribution in [0.3, 0.4) is 0 Å². The Morgan fingerprint density at radius 2 is 1.64 bits per heavy atom. The SMILES string of the molecule is COc1ccccc1C(C=O)c1c(OC)ccc(Br)c1OC. The summed E-state index contributed by atoms with van der Waals surface area (Å²) in [6.07, 6.45) is 0.866. The molecule has 0 N–H and O–H groups in total. The van der Waals surface area contributed by atoms with Crippen LogP contribution < -0.4 is 14.2 Å². The number of hydrogen-bond acceptors (Lipinski definition) is 4. The highest BCUT2D eigenvalue weighted by Gasteiger charge is 2.26. The van der Waals surface area contributed by atoms with E-state index < -0.39 is 5.92 Å². The molecule has 0 aliphatic heterocycles. The molecular formula is C17H17BrO4. The van der Waals surface area contributed by atoms with E-state index in [9.17, 15) is 4.79 Å². The van der Waals surface area contributed by atoms with Crippen LogP contribution in [0.5, 0.6) is 17.2 Å². The monoisotopic (exact) mass is 364 g/mol. The van der Waals surface area contributed by atoms with E-state index in [1.165, 1.54) is 0 Å². The Kier molecular flexibility index (Phi) is 5.44. The van der Waals surface area contributed by atoms with Crippen LogP contribution in [0.4, 0.5) is 0 Å². The van der Waals surface area contributed by atoms with E-state index in [2.05, 4.69) is 15.9 Å². The molecule has 2 rings (SSSR count). The molecule has 0 radical (unpaired) electrons. The van der Waals surface area contributed by atoms with Gasteiger partial charge in [-0.05, 0) is 34.1 Å². The Bertz CT molecular complexity index is 670. The highest BCUT2D eigenvalue weighted by Crippen LogP contribution is 2.43. The van der Waals surface area contributed by atoms with Gasteiger partial charge in [-0.15, -0.1) is 0 Å². The van der Waals surface area contributed by atoms with Crippen LogP contribution in [-0.4, -0.2) is 27.6 Å². The summed E-state index contributed by atoms with van der Waals surface area (Å²) in [6.45, 7) is 0. The van der Waals surface area contributed by atoms with Gasteiger partial charge in [0.25, 0.3) is 0 Å². The largest absolute Gasteiger partial charge is 0.496 e. The summed E-state index contributed by atoms with van der Waals surface area (Å²) in [5.41, 5.74) is 1.42. The van der Waals surface area contributed by atoms with Crippen molar-refractivity contribution < 1.29 is 19.0 Å². The number of para-hydroxylation sites is 1. The molecule has 2 aromatic rings. The highest BCUT2D eigenvalue weighted by atomic mass is 79.9. The molecule has 0 aliphatic rings. The van der Waals surface area contributed by atoms with Gasteiger partial charge in [0.1, 0.15) is 23.5 Å². The second-order valence-electron chi connectivity index (χ2n) is 4.55. The molecule has 1 unspecified atom stereocenters. The molecule has 0 aromatic heterocycles. The number of carbonyl (C=O) groups excluding carboxylic acids is 1. The normalized spacial score (nSPS) is 11.6. The van der Waals surface area contributed by atoms with E-state index in [4.69, 9.17) is 14.2 Å². The van der Waals surface area contributed by atoms with Crippen molar-refractivity contribution in [3.63, 3.8) is 0 Å². The lowest BCUT2D eigenvalue weighted by Crippen LogP contribution is -2.09. The third kappa shape index (κ3) is 2.95. The molecule has 0 fully saturated rings. The lowest BCUT2D eigenvalue weighted by atomic mass is 9.90. The van der Waals surface area contributed by atoms with E-state index in [0.717, 1.165) is 16.3 Å². The third-order valence-electron chi connectivity index (χ3n) is 3.45. The number of methoxy groups -OCH3 is 3. The summed E-state index contributed by atoms with van der Waals surface area (Å²) in [7, 11) is 4.71. The Morgan fingerprint density at radius 1 is 0.955 bits per heavy atom. The maximum Gasteiger partial charge on any atom is 0.141 e. The van der Waals surface area contributed by atoms with Crippen molar-refractivity contribution in [2.45, 2.75) is 5.92 Å². The second kappa shape index (κ2) is 7.31. The molecule has 2 aromatic carbocycles. The molecule has 22 heavy (non-hydrogen) atoms. The first kappa shape index (κ1) is 16.4. The standard InChI is InChI=1S/C17H17BrO4/c1-20-14-7-5-4-6-11(14)12(10-19)16-15(21-2)9-8-13(18)17(16)22-3/h4-10,12H,1-3H3. The van der Waals surface area contributed by atoms with Gasteiger partial charge in [0.15, 0.2) is 0 Å². The van der Waals surface area contributed by atoms with Gasteiger partial charge in [-0.25, -0.2) is 0 Å². The van der Waals surface area contributed by atoms with Gasteiger partial charge in [-0.3, -0.25) is 0 Å². The maximum atomic E-state index is 11.8. The van der Waals surface area contributed by atoms with E-state index in [-0.39, 0.29) is 0 Å². The fourth-order valence-electron chi connectivity index (χ4n) is 2.46. The van der Waals surface area contributed by atoms with Crippen molar-refractivity contribution in [2.75, 3.05) is 21.3 Å². The summed E-state index contributed by atoms with van der Waals surface area (Å²) in [6, 6.07) is 11.0. The van der Waals surface area contributed by atoms with Crippen LogP contribution >= 0.6 is 15.9 Å². The first-order chi connectivity index (χ1) is 10.7. The second-order valence-corrected chi connectivity index (χ2v) is 5.41. The molecule has 0 saturated carbocycles. The Balaban J connectivity index is 2.70. The van der Waals surface area contributed by atoms with Crippen LogP contribution in [0.2, 0.25) is 0 Å².